The molecule has 0 aromatic heterocycles. The molecule has 0 saturated carbocycles. The Morgan fingerprint density at radius 2 is 1.85 bits per heavy atom. The number of carbonyl (C=O) groups is 1. The zero-order valence-electron chi connectivity index (χ0n) is 19.0. The smallest absolute Gasteiger partial charge is 0.225 e. The molecule has 0 bridgehead atoms. The van der Waals surface area contributed by atoms with Gasteiger partial charge in [0.25, 0.3) is 0 Å². The molecule has 3 aromatic rings. The molecule has 5 rings (SSSR count). The van der Waals surface area contributed by atoms with Crippen LogP contribution in [0, 0.1) is 17.6 Å². The second-order valence-electron chi connectivity index (χ2n) is 8.84. The molecule has 5 nitrogen and oxygen atoms in total. The van der Waals surface area contributed by atoms with Crippen molar-refractivity contribution in [3.63, 3.8) is 0 Å². The molecule has 1 saturated heterocycles. The van der Waals surface area contributed by atoms with Crippen molar-refractivity contribution < 1.29 is 18.3 Å². The van der Waals surface area contributed by atoms with Crippen LogP contribution in [0.2, 0.25) is 0 Å². The van der Waals surface area contributed by atoms with Crippen LogP contribution in [0.5, 0.6) is 5.75 Å². The SMILES string of the molecule is COc1ccc2c(c1)N1CCN(c3ccc(F)cc3)C[C@@H]1[C@H](C(=O)NCc1cccc(F)c1)C2. The lowest BCUT2D eigenvalue weighted by molar-refractivity contribution is -0.126. The number of nitrogens with one attached hydrogen (secondary N) is 1. The monoisotopic (exact) mass is 463 g/mol. The second-order valence-corrected chi connectivity index (χ2v) is 8.84. The van der Waals surface area contributed by atoms with Crippen molar-refractivity contribution in [3.05, 3.63) is 89.5 Å². The summed E-state index contributed by atoms with van der Waals surface area (Å²) in [5.74, 6) is -0.136. The van der Waals surface area contributed by atoms with E-state index in [-0.39, 0.29) is 36.0 Å². The fraction of sp³-hybridized carbons (Fsp3) is 0.296. The highest BCUT2D eigenvalue weighted by atomic mass is 19.1. The molecule has 0 aliphatic carbocycles. The number of methoxy groups -OCH3 is 1. The number of hydrogen-bond acceptors (Lipinski definition) is 4. The highest BCUT2D eigenvalue weighted by molar-refractivity contribution is 5.82. The Balaban J connectivity index is 1.41. The molecule has 0 spiro atoms. The summed E-state index contributed by atoms with van der Waals surface area (Å²) in [5, 5.41) is 3.02. The fourth-order valence-electron chi connectivity index (χ4n) is 5.06. The maximum atomic E-state index is 13.6. The van der Waals surface area contributed by atoms with Gasteiger partial charge in [0.1, 0.15) is 17.4 Å². The van der Waals surface area contributed by atoms with Gasteiger partial charge >= 0.3 is 0 Å². The molecular formula is C27H27F2N3O2. The van der Waals surface area contributed by atoms with Gasteiger partial charge in [-0.1, -0.05) is 18.2 Å². The Labute approximate surface area is 197 Å². The zero-order chi connectivity index (χ0) is 23.7. The molecule has 34 heavy (non-hydrogen) atoms. The predicted octanol–water partition coefficient (Wildman–Crippen LogP) is 4.16. The number of amides is 1. The van der Waals surface area contributed by atoms with Crippen LogP contribution < -0.4 is 19.9 Å². The largest absolute Gasteiger partial charge is 0.497 e. The first kappa shape index (κ1) is 22.2. The molecule has 1 fully saturated rings. The molecule has 2 heterocycles. The number of anilines is 2. The minimum atomic E-state index is -0.319. The summed E-state index contributed by atoms with van der Waals surface area (Å²) in [4.78, 5) is 17.9. The standard InChI is InChI=1S/C27H27F2N3O2/c1-34-23-10-5-19-14-24(27(33)30-16-18-3-2-4-21(29)13-18)26-17-31(11-12-32(26)25(19)15-23)22-8-6-20(28)7-9-22/h2-10,13,15,24,26H,11-12,14,16-17H2,1H3,(H,30,33)/t24-,26-/m1/s1. The highest BCUT2D eigenvalue weighted by Crippen LogP contribution is 2.39. The summed E-state index contributed by atoms with van der Waals surface area (Å²) in [6, 6.07) is 18.7. The number of fused-ring (bicyclic) bond motifs is 3. The molecule has 3 aromatic carbocycles. The number of carbonyl (C=O) groups excluding carboxylic acids is 1. The van der Waals surface area contributed by atoms with E-state index in [4.69, 9.17) is 4.74 Å². The topological polar surface area (TPSA) is 44.8 Å². The van der Waals surface area contributed by atoms with Crippen LogP contribution in [0.25, 0.3) is 0 Å². The summed E-state index contributed by atoms with van der Waals surface area (Å²) in [7, 11) is 1.65. The molecule has 176 valence electrons. The first-order chi connectivity index (χ1) is 16.5. The Morgan fingerprint density at radius 3 is 2.62 bits per heavy atom. The van der Waals surface area contributed by atoms with Crippen molar-refractivity contribution in [1.82, 2.24) is 5.32 Å². The number of piperazine rings is 1. The van der Waals surface area contributed by atoms with Gasteiger partial charge in [-0.15, -0.1) is 0 Å². The van der Waals surface area contributed by atoms with Crippen molar-refractivity contribution in [2.45, 2.75) is 19.0 Å². The molecule has 2 aliphatic heterocycles. The summed E-state index contributed by atoms with van der Waals surface area (Å²) < 4.78 is 32.5. The van der Waals surface area contributed by atoms with Gasteiger partial charge in [-0.05, 0) is 60.0 Å². The predicted molar refractivity (Wildman–Crippen MR) is 128 cm³/mol. The molecule has 7 heteroatoms. The van der Waals surface area contributed by atoms with E-state index in [2.05, 4.69) is 15.1 Å². The van der Waals surface area contributed by atoms with Crippen molar-refractivity contribution in [3.8, 4) is 5.75 Å². The van der Waals surface area contributed by atoms with Crippen LogP contribution in [0.4, 0.5) is 20.2 Å². The quantitative estimate of drug-likeness (QED) is 0.617. The zero-order valence-corrected chi connectivity index (χ0v) is 19.0. The minimum Gasteiger partial charge on any atom is -0.497 e. The van der Waals surface area contributed by atoms with E-state index in [0.717, 1.165) is 41.3 Å². The van der Waals surface area contributed by atoms with Crippen molar-refractivity contribution in [2.24, 2.45) is 5.92 Å². The lowest BCUT2D eigenvalue weighted by Gasteiger charge is -2.49. The fourth-order valence-corrected chi connectivity index (χ4v) is 5.06. The van der Waals surface area contributed by atoms with Crippen molar-refractivity contribution in [2.75, 3.05) is 36.5 Å². The van der Waals surface area contributed by atoms with Crippen LogP contribution in [0.3, 0.4) is 0 Å². The van der Waals surface area contributed by atoms with Gasteiger partial charge in [0.2, 0.25) is 5.91 Å². The lowest BCUT2D eigenvalue weighted by Crippen LogP contribution is -2.61. The summed E-state index contributed by atoms with van der Waals surface area (Å²) in [5.41, 5.74) is 3.87. The molecule has 0 radical (unpaired) electrons. The van der Waals surface area contributed by atoms with Gasteiger partial charge < -0.3 is 19.9 Å². The van der Waals surface area contributed by atoms with Gasteiger partial charge in [-0.25, -0.2) is 8.78 Å². The highest BCUT2D eigenvalue weighted by Gasteiger charge is 2.41. The first-order valence-electron chi connectivity index (χ1n) is 11.5. The third-order valence-corrected chi connectivity index (χ3v) is 6.81. The van der Waals surface area contributed by atoms with Crippen LogP contribution >= 0.6 is 0 Å². The third-order valence-electron chi connectivity index (χ3n) is 6.81. The summed E-state index contributed by atoms with van der Waals surface area (Å²) in [6.07, 6.45) is 0.604. The Morgan fingerprint density at radius 1 is 1.03 bits per heavy atom. The van der Waals surface area contributed by atoms with E-state index >= 15 is 0 Å². The minimum absolute atomic E-state index is 0.0540. The van der Waals surface area contributed by atoms with E-state index in [1.807, 2.05) is 18.2 Å². The Hall–Kier alpha value is -3.61. The molecule has 1 amide bonds. The molecule has 2 aliphatic rings. The van der Waals surface area contributed by atoms with Crippen LogP contribution in [0.1, 0.15) is 11.1 Å². The Bertz CT molecular complexity index is 1180. The van der Waals surface area contributed by atoms with E-state index in [9.17, 15) is 13.6 Å². The van der Waals surface area contributed by atoms with Gasteiger partial charge in [0, 0.05) is 43.6 Å². The Kier molecular flexibility index (Phi) is 6.09. The van der Waals surface area contributed by atoms with E-state index < -0.39 is 0 Å². The maximum absolute atomic E-state index is 13.6. The third kappa shape index (κ3) is 4.42. The number of nitrogens with zero attached hydrogens (tertiary/aromatic N) is 2. The first-order valence-corrected chi connectivity index (χ1v) is 11.5. The molecule has 2 atom stereocenters. The van der Waals surface area contributed by atoms with Crippen LogP contribution in [0.15, 0.2) is 66.7 Å². The maximum Gasteiger partial charge on any atom is 0.225 e. The number of rotatable bonds is 5. The average Bonchev–Trinajstić information content (AvgIpc) is 2.86. The van der Waals surface area contributed by atoms with E-state index in [1.165, 1.54) is 24.3 Å². The number of hydrogen-bond donors (Lipinski definition) is 1. The summed E-state index contributed by atoms with van der Waals surface area (Å²) >= 11 is 0. The molecule has 1 N–H and O–H groups in total. The summed E-state index contributed by atoms with van der Waals surface area (Å²) in [6.45, 7) is 2.41. The lowest BCUT2D eigenvalue weighted by atomic mass is 9.83. The van der Waals surface area contributed by atoms with Gasteiger partial charge in [-0.3, -0.25) is 4.79 Å². The second kappa shape index (κ2) is 9.33. The van der Waals surface area contributed by atoms with Gasteiger partial charge in [0.15, 0.2) is 0 Å². The molecular weight excluding hydrogens is 436 g/mol. The van der Waals surface area contributed by atoms with Crippen molar-refractivity contribution >= 4 is 17.3 Å². The number of ether oxygens (including phenoxy) is 1. The van der Waals surface area contributed by atoms with Gasteiger partial charge in [0.05, 0.1) is 19.1 Å². The average molecular weight is 464 g/mol. The number of benzene rings is 3. The normalized spacial score (nSPS) is 19.3. The van der Waals surface area contributed by atoms with Crippen LogP contribution in [-0.2, 0) is 17.8 Å². The number of halogens is 2. The van der Waals surface area contributed by atoms with E-state index in [0.29, 0.717) is 13.0 Å². The van der Waals surface area contributed by atoms with Crippen LogP contribution in [-0.4, -0.2) is 38.7 Å². The van der Waals surface area contributed by atoms with E-state index in [1.54, 1.807) is 31.4 Å². The molecule has 0 unspecified atom stereocenters. The van der Waals surface area contributed by atoms with Gasteiger partial charge in [-0.2, -0.15) is 0 Å². The van der Waals surface area contributed by atoms with Crippen molar-refractivity contribution in [1.29, 1.82) is 0 Å².